The first kappa shape index (κ1) is 22.8. The molecule has 1 amide bonds. The second kappa shape index (κ2) is 11.0. The molecule has 0 heterocycles. The molecule has 0 saturated heterocycles. The number of rotatable bonds is 7. The van der Waals surface area contributed by atoms with E-state index in [1.54, 1.807) is 37.6 Å². The van der Waals surface area contributed by atoms with E-state index in [2.05, 4.69) is 55.7 Å². The second-order valence-corrected chi connectivity index (χ2v) is 9.00. The molecule has 0 aliphatic heterocycles. The molecule has 0 aromatic heterocycles. The van der Waals surface area contributed by atoms with E-state index in [0.29, 0.717) is 28.7 Å². The van der Waals surface area contributed by atoms with Gasteiger partial charge in [-0.25, -0.2) is 5.43 Å². The number of ether oxygens (including phenoxy) is 2. The molecular formula is C22H17ClI2N2O3. The SMILES string of the molecule is COc1cc(/C=N\NC(=O)c2ccc(Cl)cc2)cc(I)c1OCc1ccc(I)cc1. The van der Waals surface area contributed by atoms with Gasteiger partial charge in [0.2, 0.25) is 0 Å². The van der Waals surface area contributed by atoms with Gasteiger partial charge in [-0.1, -0.05) is 23.7 Å². The number of carbonyl (C=O) groups excluding carboxylic acids is 1. The van der Waals surface area contributed by atoms with Gasteiger partial charge in [0.25, 0.3) is 5.91 Å². The van der Waals surface area contributed by atoms with E-state index in [0.717, 1.165) is 14.7 Å². The van der Waals surface area contributed by atoms with Gasteiger partial charge in [0.05, 0.1) is 16.9 Å². The Morgan fingerprint density at radius 1 is 1.10 bits per heavy atom. The van der Waals surface area contributed by atoms with E-state index in [1.807, 2.05) is 36.4 Å². The zero-order valence-corrected chi connectivity index (χ0v) is 20.9. The monoisotopic (exact) mass is 646 g/mol. The largest absolute Gasteiger partial charge is 0.493 e. The molecule has 0 unspecified atom stereocenters. The quantitative estimate of drug-likeness (QED) is 0.198. The summed E-state index contributed by atoms with van der Waals surface area (Å²) in [5, 5.41) is 4.60. The molecule has 1 N–H and O–H groups in total. The summed E-state index contributed by atoms with van der Waals surface area (Å²) in [4.78, 5) is 12.1. The second-order valence-electron chi connectivity index (χ2n) is 6.16. The van der Waals surface area contributed by atoms with Crippen molar-refractivity contribution >= 4 is 68.9 Å². The summed E-state index contributed by atoms with van der Waals surface area (Å²) in [7, 11) is 1.59. The van der Waals surface area contributed by atoms with Crippen LogP contribution in [0.1, 0.15) is 21.5 Å². The first-order valence-electron chi connectivity index (χ1n) is 8.80. The van der Waals surface area contributed by atoms with Crippen LogP contribution in [0.3, 0.4) is 0 Å². The van der Waals surface area contributed by atoms with Crippen molar-refractivity contribution in [2.24, 2.45) is 5.10 Å². The van der Waals surface area contributed by atoms with Crippen LogP contribution in [0, 0.1) is 7.14 Å². The summed E-state index contributed by atoms with van der Waals surface area (Å²) in [6, 6.07) is 18.5. The summed E-state index contributed by atoms with van der Waals surface area (Å²) < 4.78 is 13.5. The van der Waals surface area contributed by atoms with Crippen LogP contribution in [-0.2, 0) is 6.61 Å². The van der Waals surface area contributed by atoms with Crippen molar-refractivity contribution in [2.75, 3.05) is 7.11 Å². The Kier molecular flexibility index (Phi) is 8.34. The van der Waals surface area contributed by atoms with Gasteiger partial charge in [0.1, 0.15) is 6.61 Å². The third-order valence-corrected chi connectivity index (χ3v) is 5.81. The number of halogens is 3. The summed E-state index contributed by atoms with van der Waals surface area (Å²) >= 11 is 10.3. The van der Waals surface area contributed by atoms with E-state index >= 15 is 0 Å². The smallest absolute Gasteiger partial charge is 0.271 e. The third kappa shape index (κ3) is 6.32. The molecule has 0 aliphatic carbocycles. The van der Waals surface area contributed by atoms with Crippen LogP contribution in [0.5, 0.6) is 11.5 Å². The van der Waals surface area contributed by atoms with E-state index in [1.165, 1.54) is 3.57 Å². The maximum atomic E-state index is 12.1. The van der Waals surface area contributed by atoms with Crippen molar-refractivity contribution in [3.05, 3.63) is 89.5 Å². The number of hydrogen-bond donors (Lipinski definition) is 1. The molecule has 0 bridgehead atoms. The predicted octanol–water partition coefficient (Wildman–Crippen LogP) is 5.90. The number of hydrazone groups is 1. The lowest BCUT2D eigenvalue weighted by atomic mass is 10.2. The Morgan fingerprint density at radius 3 is 2.47 bits per heavy atom. The minimum Gasteiger partial charge on any atom is -0.493 e. The Hall–Kier alpha value is -1.85. The van der Waals surface area contributed by atoms with Gasteiger partial charge in [0, 0.05) is 14.2 Å². The van der Waals surface area contributed by atoms with Crippen molar-refractivity contribution in [2.45, 2.75) is 6.61 Å². The third-order valence-electron chi connectivity index (χ3n) is 4.03. The van der Waals surface area contributed by atoms with Crippen molar-refractivity contribution < 1.29 is 14.3 Å². The molecule has 0 radical (unpaired) electrons. The molecule has 3 rings (SSSR count). The Bertz CT molecular complexity index is 1060. The first-order valence-corrected chi connectivity index (χ1v) is 11.3. The fourth-order valence-corrected chi connectivity index (χ4v) is 3.79. The van der Waals surface area contributed by atoms with Crippen LogP contribution in [-0.4, -0.2) is 19.2 Å². The molecule has 0 aliphatic rings. The number of amides is 1. The molecule has 30 heavy (non-hydrogen) atoms. The van der Waals surface area contributed by atoms with Crippen LogP contribution in [0.4, 0.5) is 0 Å². The number of hydrogen-bond acceptors (Lipinski definition) is 4. The van der Waals surface area contributed by atoms with Gasteiger partial charge >= 0.3 is 0 Å². The summed E-state index contributed by atoms with van der Waals surface area (Å²) in [6.45, 7) is 0.438. The number of methoxy groups -OCH3 is 1. The summed E-state index contributed by atoms with van der Waals surface area (Å²) in [5.74, 6) is 0.943. The van der Waals surface area contributed by atoms with Gasteiger partial charge < -0.3 is 9.47 Å². The Balaban J connectivity index is 1.68. The molecule has 8 heteroatoms. The topological polar surface area (TPSA) is 59.9 Å². The zero-order chi connectivity index (χ0) is 21.5. The Morgan fingerprint density at radius 2 is 1.80 bits per heavy atom. The number of carbonyl (C=O) groups is 1. The highest BCUT2D eigenvalue weighted by Gasteiger charge is 2.12. The highest BCUT2D eigenvalue weighted by atomic mass is 127. The van der Waals surface area contributed by atoms with Crippen molar-refractivity contribution in [3.63, 3.8) is 0 Å². The number of nitrogens with zero attached hydrogens (tertiary/aromatic N) is 1. The van der Waals surface area contributed by atoms with Gasteiger partial charge in [-0.2, -0.15) is 5.10 Å². The van der Waals surface area contributed by atoms with Crippen molar-refractivity contribution in [1.82, 2.24) is 5.43 Å². The average molecular weight is 647 g/mol. The van der Waals surface area contributed by atoms with E-state index < -0.39 is 0 Å². The molecule has 0 saturated carbocycles. The first-order chi connectivity index (χ1) is 14.5. The summed E-state index contributed by atoms with van der Waals surface area (Å²) in [5.41, 5.74) is 4.82. The average Bonchev–Trinajstić information content (AvgIpc) is 2.74. The normalized spacial score (nSPS) is 10.8. The molecule has 154 valence electrons. The fraction of sp³-hybridized carbons (Fsp3) is 0.0909. The maximum Gasteiger partial charge on any atom is 0.271 e. The van der Waals surface area contributed by atoms with Crippen LogP contribution in [0.25, 0.3) is 0 Å². The highest BCUT2D eigenvalue weighted by molar-refractivity contribution is 14.1. The molecule has 5 nitrogen and oxygen atoms in total. The van der Waals surface area contributed by atoms with Gasteiger partial charge in [0.15, 0.2) is 11.5 Å². The van der Waals surface area contributed by atoms with E-state index in [9.17, 15) is 4.79 Å². The molecule has 0 atom stereocenters. The minimum atomic E-state index is -0.318. The standard InChI is InChI=1S/C22H17ClI2N2O3/c1-29-20-11-15(12-26-27-22(28)16-4-6-17(23)7-5-16)10-19(25)21(20)30-13-14-2-8-18(24)9-3-14/h2-12H,13H2,1H3,(H,27,28)/b26-12-. The van der Waals surface area contributed by atoms with Crippen LogP contribution < -0.4 is 14.9 Å². The van der Waals surface area contributed by atoms with Crippen molar-refractivity contribution in [1.29, 1.82) is 0 Å². The van der Waals surface area contributed by atoms with Crippen LogP contribution >= 0.6 is 56.8 Å². The molecular weight excluding hydrogens is 630 g/mol. The molecule has 0 fully saturated rings. The predicted molar refractivity (Wildman–Crippen MR) is 136 cm³/mol. The minimum absolute atomic E-state index is 0.318. The molecule has 0 spiro atoms. The van der Waals surface area contributed by atoms with E-state index in [4.69, 9.17) is 21.1 Å². The fourth-order valence-electron chi connectivity index (χ4n) is 2.52. The zero-order valence-electron chi connectivity index (χ0n) is 15.9. The van der Waals surface area contributed by atoms with Crippen LogP contribution in [0.15, 0.2) is 65.8 Å². The lowest BCUT2D eigenvalue weighted by Crippen LogP contribution is -2.17. The Labute approximate surface area is 207 Å². The van der Waals surface area contributed by atoms with Gasteiger partial charge in [-0.05, 0) is 105 Å². The maximum absolute atomic E-state index is 12.1. The number of benzene rings is 3. The van der Waals surface area contributed by atoms with Gasteiger partial charge in [-0.3, -0.25) is 4.79 Å². The molecule has 3 aromatic rings. The lowest BCUT2D eigenvalue weighted by molar-refractivity contribution is 0.0955. The lowest BCUT2D eigenvalue weighted by Gasteiger charge is -2.13. The van der Waals surface area contributed by atoms with Gasteiger partial charge in [-0.15, -0.1) is 0 Å². The summed E-state index contributed by atoms with van der Waals surface area (Å²) in [6.07, 6.45) is 1.56. The van der Waals surface area contributed by atoms with Crippen LogP contribution in [0.2, 0.25) is 5.02 Å². The van der Waals surface area contributed by atoms with Crippen molar-refractivity contribution in [3.8, 4) is 11.5 Å². The molecule has 3 aromatic carbocycles. The van der Waals surface area contributed by atoms with E-state index in [-0.39, 0.29) is 5.91 Å². The highest BCUT2D eigenvalue weighted by Crippen LogP contribution is 2.34. The number of nitrogens with one attached hydrogen (secondary N) is 1.